The number of hydrogen-bond donors (Lipinski definition) is 1. The molecule has 0 radical (unpaired) electrons. The van der Waals surface area contributed by atoms with Gasteiger partial charge >= 0.3 is 0 Å². The van der Waals surface area contributed by atoms with E-state index in [1.165, 1.54) is 12.8 Å². The molecule has 0 amide bonds. The molecule has 7 heteroatoms. The molecule has 5 rings (SSSR count). The topological polar surface area (TPSA) is 71.9 Å². The van der Waals surface area contributed by atoms with Crippen LogP contribution in [0.4, 0.5) is 5.82 Å². The number of fused-ring (bicyclic) bond motifs is 6. The standard InChI is InChI=1S/C20H25N5O2/c1-26-17-4-2-16(3-5-17)18-12-19(23-13-22-18)24-20-21-9-6-15-7-10-25(11-8-15)14-27-20/h2-5,12-13,15H,6-11,14H2,1H3,(H,21,22,23,24). The van der Waals surface area contributed by atoms with Crippen LogP contribution in [-0.4, -0.2) is 54.4 Å². The Balaban J connectivity index is 1.48. The molecule has 3 aliphatic heterocycles. The lowest BCUT2D eigenvalue weighted by Gasteiger charge is -2.32. The molecule has 1 saturated heterocycles. The Hall–Kier alpha value is -2.67. The van der Waals surface area contributed by atoms with E-state index in [-0.39, 0.29) is 0 Å². The molecule has 0 atom stereocenters. The van der Waals surface area contributed by atoms with Crippen molar-refractivity contribution in [2.24, 2.45) is 10.9 Å². The fourth-order valence-corrected chi connectivity index (χ4v) is 3.48. The van der Waals surface area contributed by atoms with Gasteiger partial charge in [0, 0.05) is 31.3 Å². The molecule has 27 heavy (non-hydrogen) atoms. The van der Waals surface area contributed by atoms with Crippen molar-refractivity contribution >= 4 is 11.8 Å². The first-order chi connectivity index (χ1) is 13.3. The van der Waals surface area contributed by atoms with Gasteiger partial charge in [-0.15, -0.1) is 0 Å². The maximum Gasteiger partial charge on any atom is 0.291 e. The average molecular weight is 367 g/mol. The van der Waals surface area contributed by atoms with Gasteiger partial charge in [0.05, 0.1) is 12.8 Å². The molecule has 2 aromatic rings. The van der Waals surface area contributed by atoms with Gasteiger partial charge in [0.25, 0.3) is 6.02 Å². The van der Waals surface area contributed by atoms with Gasteiger partial charge in [-0.25, -0.2) is 15.0 Å². The number of ether oxygens (including phenoxy) is 2. The monoisotopic (exact) mass is 367 g/mol. The van der Waals surface area contributed by atoms with E-state index in [9.17, 15) is 0 Å². The maximum absolute atomic E-state index is 5.91. The van der Waals surface area contributed by atoms with Crippen molar-refractivity contribution in [3.05, 3.63) is 36.7 Å². The minimum atomic E-state index is 0.530. The van der Waals surface area contributed by atoms with E-state index in [1.54, 1.807) is 13.4 Å². The Morgan fingerprint density at radius 3 is 2.70 bits per heavy atom. The van der Waals surface area contributed by atoms with Crippen LogP contribution in [-0.2, 0) is 4.74 Å². The van der Waals surface area contributed by atoms with Crippen LogP contribution in [0.5, 0.6) is 5.75 Å². The van der Waals surface area contributed by atoms with Gasteiger partial charge in [0.15, 0.2) is 0 Å². The van der Waals surface area contributed by atoms with Crippen LogP contribution in [0, 0.1) is 5.92 Å². The number of nitrogens with zero attached hydrogens (tertiary/aromatic N) is 4. The molecule has 1 aromatic carbocycles. The summed E-state index contributed by atoms with van der Waals surface area (Å²) in [5.41, 5.74) is 1.83. The largest absolute Gasteiger partial charge is 0.497 e. The Kier molecular flexibility index (Phi) is 5.48. The number of anilines is 1. The summed E-state index contributed by atoms with van der Waals surface area (Å²) < 4.78 is 11.1. The van der Waals surface area contributed by atoms with Crippen molar-refractivity contribution in [3.63, 3.8) is 0 Å². The van der Waals surface area contributed by atoms with Crippen molar-refractivity contribution in [2.45, 2.75) is 19.3 Å². The van der Waals surface area contributed by atoms with E-state index in [2.05, 4.69) is 25.2 Å². The van der Waals surface area contributed by atoms with Crippen LogP contribution in [0.1, 0.15) is 19.3 Å². The average Bonchev–Trinajstić information content (AvgIpc) is 2.74. The van der Waals surface area contributed by atoms with Crippen molar-refractivity contribution in [3.8, 4) is 17.0 Å². The molecule has 1 N–H and O–H groups in total. The molecule has 0 spiro atoms. The number of aliphatic imine (C=N–C) groups is 1. The van der Waals surface area contributed by atoms with E-state index < -0.39 is 0 Å². The lowest BCUT2D eigenvalue weighted by Crippen LogP contribution is -2.38. The SMILES string of the molecule is COc1ccc(-c2cc(NC3=NCCC4CCN(CC4)CO3)ncn2)cc1. The van der Waals surface area contributed by atoms with E-state index in [1.807, 2.05) is 30.3 Å². The van der Waals surface area contributed by atoms with Crippen LogP contribution >= 0.6 is 0 Å². The van der Waals surface area contributed by atoms with Gasteiger partial charge in [-0.05, 0) is 49.4 Å². The number of methoxy groups -OCH3 is 1. The summed E-state index contributed by atoms with van der Waals surface area (Å²) in [6.45, 7) is 3.55. The second-order valence-electron chi connectivity index (χ2n) is 6.95. The van der Waals surface area contributed by atoms with Crippen LogP contribution in [0.25, 0.3) is 11.3 Å². The molecule has 2 bridgehead atoms. The first kappa shape index (κ1) is 17.7. The third kappa shape index (κ3) is 4.54. The minimum absolute atomic E-state index is 0.530. The highest BCUT2D eigenvalue weighted by molar-refractivity contribution is 5.88. The number of amidine groups is 1. The number of benzene rings is 1. The molecule has 1 fully saturated rings. The first-order valence-electron chi connectivity index (χ1n) is 9.43. The van der Waals surface area contributed by atoms with Crippen LogP contribution in [0.15, 0.2) is 41.7 Å². The van der Waals surface area contributed by atoms with Crippen molar-refractivity contribution in [1.82, 2.24) is 14.9 Å². The van der Waals surface area contributed by atoms with E-state index in [0.717, 1.165) is 49.0 Å². The molecule has 3 aliphatic rings. The Labute approximate surface area is 159 Å². The molecular formula is C20H25N5O2. The lowest BCUT2D eigenvalue weighted by molar-refractivity contribution is 0.0761. The summed E-state index contributed by atoms with van der Waals surface area (Å²) in [5.74, 6) is 2.27. The highest BCUT2D eigenvalue weighted by atomic mass is 16.5. The quantitative estimate of drug-likeness (QED) is 0.899. The molecule has 0 unspecified atom stereocenters. The Morgan fingerprint density at radius 1 is 1.11 bits per heavy atom. The third-order valence-corrected chi connectivity index (χ3v) is 5.17. The van der Waals surface area contributed by atoms with Crippen molar-refractivity contribution in [1.29, 1.82) is 0 Å². The predicted molar refractivity (Wildman–Crippen MR) is 105 cm³/mol. The molecule has 4 heterocycles. The number of rotatable bonds is 3. The summed E-state index contributed by atoms with van der Waals surface area (Å²) in [6, 6.07) is 10.2. The lowest BCUT2D eigenvalue weighted by atomic mass is 9.94. The Bertz CT molecular complexity index is 785. The Morgan fingerprint density at radius 2 is 1.93 bits per heavy atom. The fourth-order valence-electron chi connectivity index (χ4n) is 3.48. The van der Waals surface area contributed by atoms with E-state index >= 15 is 0 Å². The number of aromatic nitrogens is 2. The van der Waals surface area contributed by atoms with Gasteiger partial charge in [-0.1, -0.05) is 0 Å². The normalized spacial score (nSPS) is 22.5. The molecule has 0 saturated carbocycles. The third-order valence-electron chi connectivity index (χ3n) is 5.17. The molecular weight excluding hydrogens is 342 g/mol. The summed E-state index contributed by atoms with van der Waals surface area (Å²) in [6.07, 6.45) is 5.16. The van der Waals surface area contributed by atoms with Crippen molar-refractivity contribution < 1.29 is 9.47 Å². The first-order valence-corrected chi connectivity index (χ1v) is 9.43. The van der Waals surface area contributed by atoms with E-state index in [4.69, 9.17) is 9.47 Å². The summed E-state index contributed by atoms with van der Waals surface area (Å²) >= 11 is 0. The van der Waals surface area contributed by atoms with Gasteiger partial charge in [0.1, 0.15) is 24.6 Å². The maximum atomic E-state index is 5.91. The minimum Gasteiger partial charge on any atom is -0.497 e. The molecule has 142 valence electrons. The number of hydrogen-bond acceptors (Lipinski definition) is 7. The zero-order valence-electron chi connectivity index (χ0n) is 15.6. The highest BCUT2D eigenvalue weighted by Gasteiger charge is 2.21. The van der Waals surface area contributed by atoms with E-state index in [0.29, 0.717) is 18.6 Å². The second kappa shape index (κ2) is 8.35. The summed E-state index contributed by atoms with van der Waals surface area (Å²) in [7, 11) is 1.66. The van der Waals surface area contributed by atoms with Gasteiger partial charge in [-0.2, -0.15) is 0 Å². The van der Waals surface area contributed by atoms with Crippen molar-refractivity contribution in [2.75, 3.05) is 38.8 Å². The van der Waals surface area contributed by atoms with Gasteiger partial charge < -0.3 is 9.47 Å². The summed E-state index contributed by atoms with van der Waals surface area (Å²) in [4.78, 5) is 15.6. The van der Waals surface area contributed by atoms with Crippen LogP contribution in [0.2, 0.25) is 0 Å². The number of piperidine rings is 1. The molecule has 1 aromatic heterocycles. The van der Waals surface area contributed by atoms with Crippen LogP contribution < -0.4 is 10.1 Å². The van der Waals surface area contributed by atoms with Crippen LogP contribution in [0.3, 0.4) is 0 Å². The second-order valence-corrected chi connectivity index (χ2v) is 6.95. The zero-order chi connectivity index (χ0) is 18.5. The van der Waals surface area contributed by atoms with Gasteiger partial charge in [0.2, 0.25) is 0 Å². The summed E-state index contributed by atoms with van der Waals surface area (Å²) in [5, 5.41) is 3.21. The smallest absolute Gasteiger partial charge is 0.291 e. The highest BCUT2D eigenvalue weighted by Crippen LogP contribution is 2.23. The number of nitrogens with one attached hydrogen (secondary N) is 1. The molecule has 7 nitrogen and oxygen atoms in total. The predicted octanol–water partition coefficient (Wildman–Crippen LogP) is 3.01. The zero-order valence-corrected chi connectivity index (χ0v) is 15.6. The van der Waals surface area contributed by atoms with Gasteiger partial charge in [-0.3, -0.25) is 10.2 Å². The fraction of sp³-hybridized carbons (Fsp3) is 0.450. The molecule has 0 aliphatic carbocycles.